The molecule has 6 nitrogen and oxygen atoms in total. The quantitative estimate of drug-likeness (QED) is 0.644. The minimum absolute atomic E-state index is 0.179. The van der Waals surface area contributed by atoms with Crippen molar-refractivity contribution < 1.29 is 9.53 Å². The Kier molecular flexibility index (Phi) is 6.35. The van der Waals surface area contributed by atoms with Gasteiger partial charge in [-0.05, 0) is 18.1 Å². The molecule has 0 unspecified atom stereocenters. The predicted octanol–water partition coefficient (Wildman–Crippen LogP) is 3.07. The van der Waals surface area contributed by atoms with Gasteiger partial charge in [0.1, 0.15) is 5.75 Å². The Morgan fingerprint density at radius 1 is 1.00 bits per heavy atom. The first-order valence-electron chi connectivity index (χ1n) is 8.76. The molecular formula is C21H22N4O2. The van der Waals surface area contributed by atoms with Crippen molar-refractivity contribution in [2.45, 2.75) is 13.0 Å². The van der Waals surface area contributed by atoms with Gasteiger partial charge < -0.3 is 15.4 Å². The maximum atomic E-state index is 12.2. The van der Waals surface area contributed by atoms with Crippen LogP contribution in [-0.4, -0.2) is 29.5 Å². The van der Waals surface area contributed by atoms with E-state index in [9.17, 15) is 4.79 Å². The van der Waals surface area contributed by atoms with Crippen LogP contribution in [0.3, 0.4) is 0 Å². The Labute approximate surface area is 158 Å². The number of hydrogen-bond donors (Lipinski definition) is 2. The van der Waals surface area contributed by atoms with Gasteiger partial charge in [-0.15, -0.1) is 0 Å². The number of methoxy groups -OCH3 is 1. The molecule has 0 aliphatic rings. The van der Waals surface area contributed by atoms with Crippen LogP contribution in [0.1, 0.15) is 21.5 Å². The highest BCUT2D eigenvalue weighted by molar-refractivity contribution is 5.93. The third-order valence-electron chi connectivity index (χ3n) is 4.09. The van der Waals surface area contributed by atoms with Crippen LogP contribution in [0.25, 0.3) is 0 Å². The summed E-state index contributed by atoms with van der Waals surface area (Å²) in [6.45, 7) is 1.10. The summed E-state index contributed by atoms with van der Waals surface area (Å²) in [4.78, 5) is 20.6. The lowest BCUT2D eigenvalue weighted by molar-refractivity contribution is 0.0953. The van der Waals surface area contributed by atoms with Gasteiger partial charge in [-0.25, -0.2) is 9.97 Å². The monoisotopic (exact) mass is 362 g/mol. The average Bonchev–Trinajstić information content (AvgIpc) is 2.73. The van der Waals surface area contributed by atoms with Gasteiger partial charge in [-0.2, -0.15) is 0 Å². The second kappa shape index (κ2) is 9.33. The first-order chi connectivity index (χ1) is 13.3. The highest BCUT2D eigenvalue weighted by atomic mass is 16.5. The average molecular weight is 362 g/mol. The summed E-state index contributed by atoms with van der Waals surface area (Å²) in [6, 6.07) is 17.8. The van der Waals surface area contributed by atoms with E-state index in [1.165, 1.54) is 18.0 Å². The third kappa shape index (κ3) is 5.28. The van der Waals surface area contributed by atoms with Crippen LogP contribution >= 0.6 is 0 Å². The topological polar surface area (TPSA) is 76.1 Å². The van der Waals surface area contributed by atoms with Crippen molar-refractivity contribution in [3.8, 4) is 5.75 Å². The molecular weight excluding hydrogens is 340 g/mol. The number of carbonyl (C=O) groups excluding carboxylic acids is 1. The number of para-hydroxylation sites is 1. The van der Waals surface area contributed by atoms with Crippen LogP contribution in [0.15, 0.2) is 67.0 Å². The number of amides is 1. The lowest BCUT2D eigenvalue weighted by Crippen LogP contribution is -2.26. The van der Waals surface area contributed by atoms with Crippen molar-refractivity contribution in [1.29, 1.82) is 0 Å². The van der Waals surface area contributed by atoms with Gasteiger partial charge in [-0.1, -0.05) is 48.5 Å². The molecule has 27 heavy (non-hydrogen) atoms. The number of carbonyl (C=O) groups is 1. The molecule has 0 aliphatic carbocycles. The second-order valence-corrected chi connectivity index (χ2v) is 5.95. The van der Waals surface area contributed by atoms with Crippen molar-refractivity contribution >= 4 is 11.9 Å². The molecule has 3 rings (SSSR count). The Bertz CT molecular complexity index is 867. The molecule has 0 saturated heterocycles. The Morgan fingerprint density at radius 3 is 2.44 bits per heavy atom. The van der Waals surface area contributed by atoms with Gasteiger partial charge >= 0.3 is 0 Å². The van der Waals surface area contributed by atoms with Gasteiger partial charge in [-0.3, -0.25) is 4.79 Å². The van der Waals surface area contributed by atoms with Crippen LogP contribution in [0, 0.1) is 0 Å². The van der Waals surface area contributed by atoms with Crippen LogP contribution in [0.4, 0.5) is 5.95 Å². The fraction of sp³-hybridized carbons (Fsp3) is 0.190. The first-order valence-corrected chi connectivity index (χ1v) is 8.76. The lowest BCUT2D eigenvalue weighted by Gasteiger charge is -2.09. The molecule has 3 aromatic rings. The third-order valence-corrected chi connectivity index (χ3v) is 4.09. The van der Waals surface area contributed by atoms with Crippen LogP contribution < -0.4 is 15.4 Å². The highest BCUT2D eigenvalue weighted by Gasteiger charge is 2.07. The zero-order valence-electron chi connectivity index (χ0n) is 15.2. The van der Waals surface area contributed by atoms with E-state index in [0.29, 0.717) is 24.6 Å². The molecule has 0 radical (unpaired) electrons. The summed E-state index contributed by atoms with van der Waals surface area (Å²) in [5, 5.41) is 6.02. The highest BCUT2D eigenvalue weighted by Crippen LogP contribution is 2.17. The standard InChI is InChI=1S/C21H22N4O2/c1-27-19-10-6-5-9-17(19)13-23-21-24-14-18(15-25-21)20(26)22-12-11-16-7-3-2-4-8-16/h2-10,14-15H,11-13H2,1H3,(H,22,26)(H,23,24,25). The van der Waals surface area contributed by atoms with Gasteiger partial charge in [0.05, 0.1) is 12.7 Å². The van der Waals surface area contributed by atoms with Crippen LogP contribution in [0.5, 0.6) is 5.75 Å². The number of aromatic nitrogens is 2. The van der Waals surface area contributed by atoms with E-state index < -0.39 is 0 Å². The van der Waals surface area contributed by atoms with Crippen molar-refractivity contribution in [3.63, 3.8) is 0 Å². The van der Waals surface area contributed by atoms with E-state index in [2.05, 4.69) is 20.6 Å². The van der Waals surface area contributed by atoms with Crippen LogP contribution in [-0.2, 0) is 13.0 Å². The minimum Gasteiger partial charge on any atom is -0.496 e. The summed E-state index contributed by atoms with van der Waals surface area (Å²) in [5.74, 6) is 1.09. The summed E-state index contributed by atoms with van der Waals surface area (Å²) in [5.41, 5.74) is 2.63. The number of anilines is 1. The molecule has 2 N–H and O–H groups in total. The van der Waals surface area contributed by atoms with E-state index >= 15 is 0 Å². The van der Waals surface area contributed by atoms with Gasteiger partial charge in [0.2, 0.25) is 5.95 Å². The fourth-order valence-corrected chi connectivity index (χ4v) is 2.63. The largest absolute Gasteiger partial charge is 0.496 e. The number of hydrogen-bond acceptors (Lipinski definition) is 5. The molecule has 0 saturated carbocycles. The SMILES string of the molecule is COc1ccccc1CNc1ncc(C(=O)NCCc2ccccc2)cn1. The van der Waals surface area contributed by atoms with E-state index in [0.717, 1.165) is 17.7 Å². The molecule has 0 bridgehead atoms. The first kappa shape index (κ1) is 18.4. The smallest absolute Gasteiger partial charge is 0.254 e. The number of nitrogens with zero attached hydrogens (tertiary/aromatic N) is 2. The van der Waals surface area contributed by atoms with Gasteiger partial charge in [0.25, 0.3) is 5.91 Å². The number of benzene rings is 2. The maximum Gasteiger partial charge on any atom is 0.254 e. The lowest BCUT2D eigenvalue weighted by atomic mass is 10.1. The van der Waals surface area contributed by atoms with Crippen LogP contribution in [0.2, 0.25) is 0 Å². The normalized spacial score (nSPS) is 10.3. The molecule has 1 heterocycles. The summed E-state index contributed by atoms with van der Waals surface area (Å²) >= 11 is 0. The van der Waals surface area contributed by atoms with E-state index in [1.54, 1.807) is 7.11 Å². The minimum atomic E-state index is -0.179. The molecule has 6 heteroatoms. The molecule has 0 fully saturated rings. The fourth-order valence-electron chi connectivity index (χ4n) is 2.63. The van der Waals surface area contributed by atoms with Crippen molar-refractivity contribution in [2.75, 3.05) is 19.0 Å². The van der Waals surface area contributed by atoms with Gasteiger partial charge in [0.15, 0.2) is 0 Å². The predicted molar refractivity (Wildman–Crippen MR) is 105 cm³/mol. The zero-order chi connectivity index (χ0) is 18.9. The summed E-state index contributed by atoms with van der Waals surface area (Å²) in [7, 11) is 1.64. The van der Waals surface area contributed by atoms with Crippen molar-refractivity contribution in [3.05, 3.63) is 83.7 Å². The molecule has 1 aromatic heterocycles. The summed E-state index contributed by atoms with van der Waals surface area (Å²) < 4.78 is 5.32. The molecule has 1 amide bonds. The molecule has 0 aliphatic heterocycles. The number of rotatable bonds is 8. The van der Waals surface area contributed by atoms with Crippen molar-refractivity contribution in [2.24, 2.45) is 0 Å². The Morgan fingerprint density at radius 2 is 1.70 bits per heavy atom. The number of nitrogens with one attached hydrogen (secondary N) is 2. The molecule has 138 valence electrons. The van der Waals surface area contributed by atoms with Crippen molar-refractivity contribution in [1.82, 2.24) is 15.3 Å². The zero-order valence-corrected chi connectivity index (χ0v) is 15.2. The maximum absolute atomic E-state index is 12.2. The molecule has 2 aromatic carbocycles. The Balaban J connectivity index is 1.49. The molecule has 0 atom stereocenters. The molecule has 0 spiro atoms. The van der Waals surface area contributed by atoms with E-state index in [-0.39, 0.29) is 5.91 Å². The Hall–Kier alpha value is -3.41. The van der Waals surface area contributed by atoms with E-state index in [4.69, 9.17) is 4.74 Å². The number of ether oxygens (including phenoxy) is 1. The summed E-state index contributed by atoms with van der Waals surface area (Å²) in [6.07, 6.45) is 3.83. The van der Waals surface area contributed by atoms with E-state index in [1.807, 2.05) is 54.6 Å². The second-order valence-electron chi connectivity index (χ2n) is 5.95. The van der Waals surface area contributed by atoms with Gasteiger partial charge in [0, 0.05) is 31.0 Å².